The number of ether oxygens (including phenoxy) is 12. The van der Waals surface area contributed by atoms with E-state index < -0.39 is 197 Å². The van der Waals surface area contributed by atoms with E-state index in [9.17, 15) is 81.4 Å². The highest BCUT2D eigenvalue weighted by Gasteiger charge is 2.59. The van der Waals surface area contributed by atoms with E-state index >= 15 is 0 Å². The average molecular weight is 1030 g/mol. The molecule has 0 aromatic rings. The third-order valence-electron chi connectivity index (χ3n) is 13.4. The van der Waals surface area contributed by atoms with Crippen LogP contribution in [-0.4, -0.2) is 287 Å². The molecule has 6 rings (SSSR count). The molecule has 0 bridgehead atoms. The van der Waals surface area contributed by atoms with Gasteiger partial charge >= 0.3 is 5.97 Å². The monoisotopic (exact) mass is 1030 g/mol. The van der Waals surface area contributed by atoms with E-state index in [1.165, 1.54) is 27.7 Å². The molecule has 70 heavy (non-hydrogen) atoms. The summed E-state index contributed by atoms with van der Waals surface area (Å²) >= 11 is 0. The molecule has 6 fully saturated rings. The molecular formula is C41H71NO28. The van der Waals surface area contributed by atoms with Crippen molar-refractivity contribution >= 4 is 5.97 Å². The molecule has 0 radical (unpaired) electrons. The van der Waals surface area contributed by atoms with Gasteiger partial charge in [0, 0.05) is 6.61 Å². The van der Waals surface area contributed by atoms with Crippen LogP contribution in [0.1, 0.15) is 47.0 Å². The van der Waals surface area contributed by atoms with Crippen LogP contribution in [0.4, 0.5) is 0 Å². The Morgan fingerprint density at radius 2 is 0.800 bits per heavy atom. The third kappa shape index (κ3) is 12.4. The van der Waals surface area contributed by atoms with Gasteiger partial charge in [-0.3, -0.25) is 0 Å². The van der Waals surface area contributed by atoms with Gasteiger partial charge in [0.1, 0.15) is 116 Å². The second kappa shape index (κ2) is 24.8. The quantitative estimate of drug-likeness (QED) is 0.0567. The Hall–Kier alpha value is -1.61. The summed E-state index contributed by atoms with van der Waals surface area (Å²) in [5.41, 5.74) is 5.59. The van der Waals surface area contributed by atoms with Crippen molar-refractivity contribution in [1.82, 2.24) is 0 Å². The lowest BCUT2D eigenvalue weighted by molar-refractivity contribution is -0.411. The summed E-state index contributed by atoms with van der Waals surface area (Å²) in [7, 11) is 0. The van der Waals surface area contributed by atoms with Crippen molar-refractivity contribution < 1.29 is 138 Å². The molecule has 6 heterocycles. The third-order valence-corrected chi connectivity index (χ3v) is 13.4. The number of nitrogens with two attached hydrogens (primary N) is 1. The molecular weight excluding hydrogens is 954 g/mol. The van der Waals surface area contributed by atoms with Crippen molar-refractivity contribution in [3.8, 4) is 0 Å². The van der Waals surface area contributed by atoms with Crippen molar-refractivity contribution in [2.45, 2.75) is 231 Å². The number of aliphatic carboxylic acids is 1. The van der Waals surface area contributed by atoms with Gasteiger partial charge in [-0.05, 0) is 53.5 Å². The van der Waals surface area contributed by atoms with E-state index in [4.69, 9.17) is 62.6 Å². The van der Waals surface area contributed by atoms with Crippen molar-refractivity contribution in [2.24, 2.45) is 5.73 Å². The van der Waals surface area contributed by atoms with E-state index in [0.717, 1.165) is 0 Å². The molecule has 29 heteroatoms. The van der Waals surface area contributed by atoms with Crippen molar-refractivity contribution in [3.63, 3.8) is 0 Å². The SMILES string of the molecule is C[C@@H]1O[C@@H](O[C@H]2C(C(=O)O)O[C@H](OC3C(O)[C@@H](O)[C@H](C)O[C@H]3OC3C(O)[C@@H](O)[C@H](C)O[C@H]3OC3C(O)[C@@H](O)[C@H](C)O[C@H]3OCCCCCN)C(O)[C@H]2O[C@@H]2OC(CO)[C@H](O)[C@H](O)C2O)C(O)C(O)[C@H]1O. The second-order valence-corrected chi connectivity index (χ2v) is 18.4. The van der Waals surface area contributed by atoms with E-state index in [-0.39, 0.29) is 6.61 Å². The molecule has 29 nitrogen and oxygen atoms in total. The number of rotatable bonds is 18. The van der Waals surface area contributed by atoms with Gasteiger partial charge in [0.05, 0.1) is 31.0 Å². The summed E-state index contributed by atoms with van der Waals surface area (Å²) in [4.78, 5) is 13.0. The highest BCUT2D eigenvalue weighted by molar-refractivity contribution is 5.73. The maximum absolute atomic E-state index is 13.0. The van der Waals surface area contributed by atoms with Crippen molar-refractivity contribution in [1.29, 1.82) is 0 Å². The summed E-state index contributed by atoms with van der Waals surface area (Å²) in [6.45, 7) is 5.03. The molecule has 0 saturated carbocycles. The average Bonchev–Trinajstić information content (AvgIpc) is 3.32. The van der Waals surface area contributed by atoms with Crippen LogP contribution >= 0.6 is 0 Å². The van der Waals surface area contributed by atoms with Crippen LogP contribution in [0.25, 0.3) is 0 Å². The molecule has 0 aromatic heterocycles. The first-order chi connectivity index (χ1) is 33.0. The van der Waals surface area contributed by atoms with Gasteiger partial charge in [0.2, 0.25) is 0 Å². The Bertz CT molecular complexity index is 1630. The van der Waals surface area contributed by atoms with Crippen LogP contribution in [0.15, 0.2) is 0 Å². The van der Waals surface area contributed by atoms with Crippen LogP contribution < -0.4 is 5.73 Å². The maximum atomic E-state index is 13.0. The first kappa shape index (κ1) is 57.7. The Morgan fingerprint density at radius 3 is 1.29 bits per heavy atom. The summed E-state index contributed by atoms with van der Waals surface area (Å²) < 4.78 is 70.0. The number of hydrogen-bond donors (Lipinski definition) is 16. The minimum absolute atomic E-state index is 0.109. The molecule has 408 valence electrons. The first-order valence-corrected chi connectivity index (χ1v) is 23.2. The normalized spacial score (nSPS) is 51.5. The molecule has 0 amide bonds. The first-order valence-electron chi connectivity index (χ1n) is 23.2. The van der Waals surface area contributed by atoms with Gasteiger partial charge < -0.3 is 139 Å². The van der Waals surface area contributed by atoms with Crippen LogP contribution in [-0.2, 0) is 61.6 Å². The Kier molecular flexibility index (Phi) is 20.4. The number of aliphatic hydroxyl groups is 14. The Balaban J connectivity index is 1.30. The van der Waals surface area contributed by atoms with Gasteiger partial charge in [-0.25, -0.2) is 4.79 Å². The van der Waals surface area contributed by atoms with Crippen LogP contribution in [0.2, 0.25) is 0 Å². The predicted molar refractivity (Wildman–Crippen MR) is 221 cm³/mol. The zero-order chi connectivity index (χ0) is 51.6. The zero-order valence-electron chi connectivity index (χ0n) is 38.7. The van der Waals surface area contributed by atoms with Crippen LogP contribution in [0.3, 0.4) is 0 Å². The maximum Gasteiger partial charge on any atom is 0.335 e. The van der Waals surface area contributed by atoms with Crippen LogP contribution in [0, 0.1) is 0 Å². The molecule has 6 aliphatic heterocycles. The number of unbranched alkanes of at least 4 members (excludes halogenated alkanes) is 2. The van der Waals surface area contributed by atoms with Gasteiger partial charge in [0.15, 0.2) is 43.8 Å². The minimum atomic E-state index is -2.37. The largest absolute Gasteiger partial charge is 0.479 e. The molecule has 0 spiro atoms. The second-order valence-electron chi connectivity index (χ2n) is 18.4. The molecule has 0 aromatic carbocycles. The molecule has 30 atom stereocenters. The van der Waals surface area contributed by atoms with Crippen molar-refractivity contribution in [3.05, 3.63) is 0 Å². The molecule has 0 aliphatic carbocycles. The summed E-state index contributed by atoms with van der Waals surface area (Å²) in [6, 6.07) is 0. The van der Waals surface area contributed by atoms with Gasteiger partial charge in [-0.2, -0.15) is 0 Å². The molecule has 17 N–H and O–H groups in total. The van der Waals surface area contributed by atoms with E-state index in [1.807, 2.05) is 0 Å². The van der Waals surface area contributed by atoms with Gasteiger partial charge in [-0.15, -0.1) is 0 Å². The number of carboxylic acid groups (broad SMARTS) is 1. The number of carboxylic acids is 1. The van der Waals surface area contributed by atoms with Crippen molar-refractivity contribution in [2.75, 3.05) is 19.8 Å². The summed E-state index contributed by atoms with van der Waals surface area (Å²) in [6.07, 6.45) is -53.0. The van der Waals surface area contributed by atoms with E-state index in [0.29, 0.717) is 25.8 Å². The predicted octanol–water partition coefficient (Wildman–Crippen LogP) is -8.74. The fourth-order valence-electron chi connectivity index (χ4n) is 8.94. The lowest BCUT2D eigenvalue weighted by Gasteiger charge is -2.50. The molecule has 6 saturated heterocycles. The highest BCUT2D eigenvalue weighted by atomic mass is 16.8. The van der Waals surface area contributed by atoms with E-state index in [1.54, 1.807) is 0 Å². The van der Waals surface area contributed by atoms with Crippen LogP contribution in [0.5, 0.6) is 0 Å². The lowest BCUT2D eigenvalue weighted by Crippen LogP contribution is -2.69. The topological polar surface area (TPSA) is 457 Å². The fourth-order valence-corrected chi connectivity index (χ4v) is 8.94. The summed E-state index contributed by atoms with van der Waals surface area (Å²) in [5.74, 6) is -1.88. The number of carbonyl (C=O) groups is 1. The highest BCUT2D eigenvalue weighted by Crippen LogP contribution is 2.38. The smallest absolute Gasteiger partial charge is 0.335 e. The lowest BCUT2D eigenvalue weighted by atomic mass is 9.95. The number of aliphatic hydroxyl groups excluding tert-OH is 14. The van der Waals surface area contributed by atoms with E-state index in [2.05, 4.69) is 0 Å². The molecule has 12 unspecified atom stereocenters. The zero-order valence-corrected chi connectivity index (χ0v) is 38.7. The number of hydrogen-bond acceptors (Lipinski definition) is 28. The Labute approximate surface area is 400 Å². The fraction of sp³-hybridized carbons (Fsp3) is 0.976. The minimum Gasteiger partial charge on any atom is -0.479 e. The standard InChI is InChI=1S/C41H71NO28/c1-11-16(44)21(49)26(54)36(60-11)69-33-29(65-37-27(55)22(50)20(48)15(10-43)64-37)28(56)38(70-34(33)35(57)58)66-31-24(52)18(46)13(3)62-40(31)68-32-25(53)19(47)14(4)63-41(32)67-30-23(51)17(45)12(2)61-39(30)59-9-7-5-6-8-42/h11-34,36-41,43-56H,5-10,42H2,1-4H3,(H,57,58)/t11-,12-,13-,14-,15?,16-,17-,18-,19-,20-,21?,22-,23?,24?,25?,26?,27?,28?,29+,30?,31?,32?,33+,34?,36-,37-,38-,39+,40-,41-/m0/s1. The summed E-state index contributed by atoms with van der Waals surface area (Å²) in [5, 5.41) is 163. The van der Waals surface area contributed by atoms with Gasteiger partial charge in [0.25, 0.3) is 0 Å². The van der Waals surface area contributed by atoms with Gasteiger partial charge in [-0.1, -0.05) is 0 Å². The molecule has 6 aliphatic rings. The Morgan fingerprint density at radius 1 is 0.414 bits per heavy atom.